The molecule has 12 heteroatoms. The third-order valence-corrected chi connectivity index (χ3v) is 5.93. The molecule has 4 rings (SSSR count). The summed E-state index contributed by atoms with van der Waals surface area (Å²) in [7, 11) is 0. The molecule has 10 nitrogen and oxygen atoms in total. The van der Waals surface area contributed by atoms with Gasteiger partial charge in [-0.25, -0.2) is 14.6 Å². The van der Waals surface area contributed by atoms with E-state index in [1.807, 2.05) is 6.26 Å². The molecule has 1 aliphatic rings. The van der Waals surface area contributed by atoms with E-state index in [-0.39, 0.29) is 22.8 Å². The highest BCUT2D eigenvalue weighted by atomic mass is 35.5. The number of nitrogens with zero attached hydrogens (tertiary/aromatic N) is 6. The van der Waals surface area contributed by atoms with Crippen molar-refractivity contribution in [2.45, 2.75) is 24.5 Å². The van der Waals surface area contributed by atoms with Crippen LogP contribution >= 0.6 is 23.4 Å². The van der Waals surface area contributed by atoms with Crippen LogP contribution in [0.3, 0.4) is 0 Å². The smallest absolute Gasteiger partial charge is 0.288 e. The second kappa shape index (κ2) is 9.06. The molecule has 0 unspecified atom stereocenters. The van der Waals surface area contributed by atoms with Crippen LogP contribution in [0.15, 0.2) is 29.6 Å². The van der Waals surface area contributed by atoms with Crippen LogP contribution in [-0.2, 0) is 6.54 Å². The first kappa shape index (κ1) is 21.3. The minimum absolute atomic E-state index is 0.0114. The Hall–Kier alpha value is -2.92. The Morgan fingerprint density at radius 1 is 1.32 bits per heavy atom. The standard InChI is InChI=1S/C19H20ClN7O3S/c1-31-19-23-16(25-7-2-3-8-25)13-11-22-26(17(13)24-19)9-6-21-18(28)12-4-5-14(20)15(10-12)27(29)30/h4-5,10-11H,2-3,6-9H2,1H3,(H,21,28). The minimum Gasteiger partial charge on any atom is -0.356 e. The molecule has 1 N–H and O–H groups in total. The molecule has 0 atom stereocenters. The summed E-state index contributed by atoms with van der Waals surface area (Å²) in [5.74, 6) is 0.476. The van der Waals surface area contributed by atoms with Crippen LogP contribution in [0, 0.1) is 10.1 Å². The zero-order chi connectivity index (χ0) is 22.0. The molecule has 0 bridgehead atoms. The zero-order valence-corrected chi connectivity index (χ0v) is 18.3. The summed E-state index contributed by atoms with van der Waals surface area (Å²) in [6, 6.07) is 3.96. The van der Waals surface area contributed by atoms with E-state index in [4.69, 9.17) is 11.6 Å². The van der Waals surface area contributed by atoms with Crippen LogP contribution in [0.4, 0.5) is 11.5 Å². The number of fused-ring (bicyclic) bond motifs is 1. The number of nitro groups is 1. The molecule has 31 heavy (non-hydrogen) atoms. The molecular formula is C19H20ClN7O3S. The molecule has 3 aromatic rings. The van der Waals surface area contributed by atoms with Crippen molar-refractivity contribution in [2.75, 3.05) is 30.8 Å². The van der Waals surface area contributed by atoms with Gasteiger partial charge in [-0.05, 0) is 31.2 Å². The monoisotopic (exact) mass is 461 g/mol. The van der Waals surface area contributed by atoms with Crippen molar-refractivity contribution < 1.29 is 9.72 Å². The molecule has 1 aliphatic heterocycles. The normalized spacial score (nSPS) is 13.7. The predicted molar refractivity (Wildman–Crippen MR) is 119 cm³/mol. The van der Waals surface area contributed by atoms with Gasteiger partial charge >= 0.3 is 0 Å². The quantitative estimate of drug-likeness (QED) is 0.246. The van der Waals surface area contributed by atoms with Crippen molar-refractivity contribution in [3.8, 4) is 0 Å². The number of aromatic nitrogens is 4. The number of nitrogens with one attached hydrogen (secondary N) is 1. The van der Waals surface area contributed by atoms with Gasteiger partial charge in [-0.2, -0.15) is 5.10 Å². The Bertz CT molecular complexity index is 1150. The Kier molecular flexibility index (Phi) is 6.23. The predicted octanol–water partition coefficient (Wildman–Crippen LogP) is 3.14. The van der Waals surface area contributed by atoms with Crippen LogP contribution in [-0.4, -0.2) is 56.5 Å². The van der Waals surface area contributed by atoms with E-state index >= 15 is 0 Å². The van der Waals surface area contributed by atoms with E-state index < -0.39 is 10.8 Å². The molecule has 162 valence electrons. The summed E-state index contributed by atoms with van der Waals surface area (Å²) in [6.07, 6.45) is 5.98. The van der Waals surface area contributed by atoms with Crippen LogP contribution in [0.5, 0.6) is 0 Å². The van der Waals surface area contributed by atoms with Gasteiger partial charge in [-0.3, -0.25) is 14.9 Å². The number of thioether (sulfide) groups is 1. The largest absolute Gasteiger partial charge is 0.356 e. The second-order valence-electron chi connectivity index (χ2n) is 7.01. The molecule has 0 aliphatic carbocycles. The molecule has 1 amide bonds. The number of amides is 1. The maximum absolute atomic E-state index is 12.4. The maximum atomic E-state index is 12.4. The second-order valence-corrected chi connectivity index (χ2v) is 8.19. The van der Waals surface area contributed by atoms with Gasteiger partial charge in [-0.15, -0.1) is 0 Å². The van der Waals surface area contributed by atoms with Crippen molar-refractivity contribution in [3.05, 3.63) is 45.1 Å². The van der Waals surface area contributed by atoms with Gasteiger partial charge < -0.3 is 10.2 Å². The molecule has 1 fully saturated rings. The lowest BCUT2D eigenvalue weighted by Crippen LogP contribution is -2.27. The van der Waals surface area contributed by atoms with Gasteiger partial charge in [0.2, 0.25) is 0 Å². The van der Waals surface area contributed by atoms with Gasteiger partial charge in [0.1, 0.15) is 10.8 Å². The summed E-state index contributed by atoms with van der Waals surface area (Å²) < 4.78 is 1.74. The minimum atomic E-state index is -0.615. The van der Waals surface area contributed by atoms with Crippen LogP contribution < -0.4 is 10.2 Å². The summed E-state index contributed by atoms with van der Waals surface area (Å²) in [4.78, 5) is 34.4. The lowest BCUT2D eigenvalue weighted by atomic mass is 10.2. The summed E-state index contributed by atoms with van der Waals surface area (Å²) in [5, 5.41) is 19.8. The summed E-state index contributed by atoms with van der Waals surface area (Å²) in [5.41, 5.74) is 0.588. The van der Waals surface area contributed by atoms with Gasteiger partial charge in [-0.1, -0.05) is 23.4 Å². The lowest BCUT2D eigenvalue weighted by Gasteiger charge is -2.17. The zero-order valence-electron chi connectivity index (χ0n) is 16.7. The molecule has 0 saturated carbocycles. The number of hydrogen-bond acceptors (Lipinski definition) is 8. The maximum Gasteiger partial charge on any atom is 0.288 e. The van der Waals surface area contributed by atoms with Crippen molar-refractivity contribution in [3.63, 3.8) is 0 Å². The molecule has 2 aromatic heterocycles. The average molecular weight is 462 g/mol. The average Bonchev–Trinajstić information content (AvgIpc) is 3.43. The SMILES string of the molecule is CSc1nc(N2CCCC2)c2cnn(CCNC(=O)c3ccc(Cl)c([N+](=O)[O-])c3)c2n1. The first-order valence-electron chi connectivity index (χ1n) is 9.72. The first-order chi connectivity index (χ1) is 15.0. The van der Waals surface area contributed by atoms with Crippen LogP contribution in [0.1, 0.15) is 23.2 Å². The number of benzene rings is 1. The molecule has 0 radical (unpaired) electrons. The third kappa shape index (κ3) is 4.42. The van der Waals surface area contributed by atoms with E-state index in [0.717, 1.165) is 42.8 Å². The van der Waals surface area contributed by atoms with Crippen molar-refractivity contribution >= 4 is 51.8 Å². The summed E-state index contributed by atoms with van der Waals surface area (Å²) >= 11 is 7.28. The van der Waals surface area contributed by atoms with E-state index in [1.54, 1.807) is 10.9 Å². The number of carbonyl (C=O) groups is 1. The molecule has 1 saturated heterocycles. The number of rotatable bonds is 7. The van der Waals surface area contributed by atoms with E-state index in [2.05, 4.69) is 25.3 Å². The van der Waals surface area contributed by atoms with E-state index in [9.17, 15) is 14.9 Å². The highest BCUT2D eigenvalue weighted by molar-refractivity contribution is 7.98. The number of anilines is 1. The summed E-state index contributed by atoms with van der Waals surface area (Å²) in [6.45, 7) is 2.61. The van der Waals surface area contributed by atoms with Crippen LogP contribution in [0.25, 0.3) is 11.0 Å². The van der Waals surface area contributed by atoms with Gasteiger partial charge in [0.25, 0.3) is 11.6 Å². The van der Waals surface area contributed by atoms with Crippen LogP contribution in [0.2, 0.25) is 5.02 Å². The van der Waals surface area contributed by atoms with Gasteiger partial charge in [0.05, 0.1) is 23.1 Å². The number of carbonyl (C=O) groups excluding carboxylic acids is 1. The van der Waals surface area contributed by atoms with Crippen molar-refractivity contribution in [1.29, 1.82) is 0 Å². The molecule has 1 aromatic carbocycles. The highest BCUT2D eigenvalue weighted by Crippen LogP contribution is 2.29. The first-order valence-corrected chi connectivity index (χ1v) is 11.3. The Morgan fingerprint density at radius 3 is 2.81 bits per heavy atom. The fourth-order valence-corrected chi connectivity index (χ4v) is 4.06. The number of hydrogen-bond donors (Lipinski definition) is 1. The Balaban J connectivity index is 1.49. The van der Waals surface area contributed by atoms with E-state index in [1.165, 1.54) is 30.0 Å². The molecular weight excluding hydrogens is 442 g/mol. The third-order valence-electron chi connectivity index (χ3n) is 5.06. The van der Waals surface area contributed by atoms with Crippen molar-refractivity contribution in [2.24, 2.45) is 0 Å². The topological polar surface area (TPSA) is 119 Å². The van der Waals surface area contributed by atoms with Gasteiger partial charge in [0, 0.05) is 31.3 Å². The molecule has 0 spiro atoms. The number of halogens is 1. The lowest BCUT2D eigenvalue weighted by molar-refractivity contribution is -0.384. The number of nitro benzene ring substituents is 1. The fourth-order valence-electron chi connectivity index (χ4n) is 3.52. The van der Waals surface area contributed by atoms with Crippen molar-refractivity contribution in [1.82, 2.24) is 25.1 Å². The molecule has 3 heterocycles. The Morgan fingerprint density at radius 2 is 2.10 bits per heavy atom. The van der Waals surface area contributed by atoms with E-state index in [0.29, 0.717) is 11.7 Å². The van der Waals surface area contributed by atoms with Gasteiger partial charge in [0.15, 0.2) is 10.8 Å². The Labute approximate surface area is 187 Å². The fraction of sp³-hybridized carbons (Fsp3) is 0.368. The highest BCUT2D eigenvalue weighted by Gasteiger charge is 2.21.